The molecule has 3 rings (SSSR count). The van der Waals surface area contributed by atoms with Crippen LogP contribution in [0.2, 0.25) is 0 Å². The number of hydrogen-bond donors (Lipinski definition) is 1. The fraction of sp³-hybridized carbons (Fsp3) is 0.444. The van der Waals surface area contributed by atoms with E-state index in [4.69, 9.17) is 0 Å². The number of amides is 1. The van der Waals surface area contributed by atoms with E-state index in [0.717, 1.165) is 24.2 Å². The largest absolute Gasteiger partial charge is 0.352 e. The standard InChI is InChI=1S/C18H23N5OS/c1-3-11-23-16(14-7-6-10-19-12-14)21-22-18(23)25-13(2)17(24)20-15-8-4-5-9-15/h3,6-7,10,12-13,15H,1,4-5,8-9,11H2,2H3,(H,20,24)/t13-/m0/s1. The molecule has 7 heteroatoms. The maximum atomic E-state index is 12.4. The summed E-state index contributed by atoms with van der Waals surface area (Å²) in [7, 11) is 0. The predicted octanol–water partition coefficient (Wildman–Crippen LogP) is 3.07. The van der Waals surface area contributed by atoms with E-state index < -0.39 is 0 Å². The maximum absolute atomic E-state index is 12.4. The van der Waals surface area contributed by atoms with Crippen molar-refractivity contribution in [1.29, 1.82) is 0 Å². The van der Waals surface area contributed by atoms with Crippen molar-refractivity contribution in [1.82, 2.24) is 25.1 Å². The molecule has 2 heterocycles. The molecule has 0 spiro atoms. The minimum atomic E-state index is -0.227. The quantitative estimate of drug-likeness (QED) is 0.609. The summed E-state index contributed by atoms with van der Waals surface area (Å²) in [6.45, 7) is 6.30. The van der Waals surface area contributed by atoms with Crippen molar-refractivity contribution in [2.75, 3.05) is 0 Å². The van der Waals surface area contributed by atoms with E-state index >= 15 is 0 Å². The molecular weight excluding hydrogens is 334 g/mol. The van der Waals surface area contributed by atoms with Crippen LogP contribution in [0.15, 0.2) is 42.3 Å². The number of hydrogen-bond acceptors (Lipinski definition) is 5. The summed E-state index contributed by atoms with van der Waals surface area (Å²) in [6, 6.07) is 4.14. The molecule has 2 aromatic heterocycles. The van der Waals surface area contributed by atoms with E-state index in [2.05, 4.69) is 27.1 Å². The SMILES string of the molecule is C=CCn1c(S[C@@H](C)C(=O)NC2CCCC2)nnc1-c1cccnc1. The normalized spacial score (nSPS) is 15.9. The molecule has 2 aromatic rings. The fourth-order valence-electron chi connectivity index (χ4n) is 2.98. The first-order chi connectivity index (χ1) is 12.2. The summed E-state index contributed by atoms with van der Waals surface area (Å²) in [5.74, 6) is 0.798. The number of nitrogens with one attached hydrogen (secondary N) is 1. The molecule has 25 heavy (non-hydrogen) atoms. The first-order valence-electron chi connectivity index (χ1n) is 8.60. The van der Waals surface area contributed by atoms with Gasteiger partial charge in [-0.3, -0.25) is 14.3 Å². The van der Waals surface area contributed by atoms with Crippen LogP contribution in [0.5, 0.6) is 0 Å². The zero-order valence-electron chi connectivity index (χ0n) is 14.4. The van der Waals surface area contributed by atoms with Crippen LogP contribution in [0.4, 0.5) is 0 Å². The van der Waals surface area contributed by atoms with Crippen LogP contribution in [-0.2, 0) is 11.3 Å². The number of carbonyl (C=O) groups excluding carboxylic acids is 1. The molecule has 0 saturated heterocycles. The van der Waals surface area contributed by atoms with Crippen LogP contribution in [0, 0.1) is 0 Å². The highest BCUT2D eigenvalue weighted by Gasteiger charge is 2.23. The summed E-state index contributed by atoms with van der Waals surface area (Å²) >= 11 is 1.43. The molecule has 0 unspecified atom stereocenters. The number of thioether (sulfide) groups is 1. The lowest BCUT2D eigenvalue weighted by Gasteiger charge is -2.16. The molecule has 0 bridgehead atoms. The summed E-state index contributed by atoms with van der Waals surface area (Å²) in [4.78, 5) is 16.6. The van der Waals surface area contributed by atoms with Gasteiger partial charge in [-0.25, -0.2) is 0 Å². The number of carbonyl (C=O) groups is 1. The molecule has 132 valence electrons. The molecule has 1 amide bonds. The molecule has 1 aliphatic rings. The Balaban J connectivity index is 1.74. The van der Waals surface area contributed by atoms with Gasteiger partial charge in [0.05, 0.1) is 5.25 Å². The van der Waals surface area contributed by atoms with E-state index in [1.54, 1.807) is 18.5 Å². The van der Waals surface area contributed by atoms with Crippen LogP contribution in [-0.4, -0.2) is 36.9 Å². The lowest BCUT2D eigenvalue weighted by Crippen LogP contribution is -2.37. The number of nitrogens with zero attached hydrogens (tertiary/aromatic N) is 4. The van der Waals surface area contributed by atoms with Gasteiger partial charge >= 0.3 is 0 Å². The van der Waals surface area contributed by atoms with E-state index in [0.29, 0.717) is 17.7 Å². The van der Waals surface area contributed by atoms with Crippen molar-refractivity contribution in [2.45, 2.75) is 55.6 Å². The average molecular weight is 357 g/mol. The average Bonchev–Trinajstić information content (AvgIpc) is 3.26. The van der Waals surface area contributed by atoms with Crippen molar-refractivity contribution in [3.05, 3.63) is 37.2 Å². The number of rotatable bonds is 7. The Hall–Kier alpha value is -2.15. The zero-order valence-corrected chi connectivity index (χ0v) is 15.2. The van der Waals surface area contributed by atoms with E-state index in [1.807, 2.05) is 23.6 Å². The minimum absolute atomic E-state index is 0.0629. The van der Waals surface area contributed by atoms with Gasteiger partial charge in [-0.1, -0.05) is 30.7 Å². The molecule has 1 N–H and O–H groups in total. The van der Waals surface area contributed by atoms with Crippen molar-refractivity contribution in [3.63, 3.8) is 0 Å². The van der Waals surface area contributed by atoms with Crippen molar-refractivity contribution < 1.29 is 4.79 Å². The van der Waals surface area contributed by atoms with E-state index in [1.165, 1.54) is 24.6 Å². The van der Waals surface area contributed by atoms with Gasteiger partial charge in [-0.15, -0.1) is 16.8 Å². The van der Waals surface area contributed by atoms with Gasteiger partial charge in [-0.05, 0) is 31.9 Å². The van der Waals surface area contributed by atoms with Crippen molar-refractivity contribution in [3.8, 4) is 11.4 Å². The Morgan fingerprint density at radius 2 is 2.28 bits per heavy atom. The van der Waals surface area contributed by atoms with E-state index in [9.17, 15) is 4.79 Å². The second-order valence-corrected chi connectivity index (χ2v) is 7.51. The summed E-state index contributed by atoms with van der Waals surface area (Å²) < 4.78 is 1.97. The van der Waals surface area contributed by atoms with Crippen LogP contribution in [0.25, 0.3) is 11.4 Å². The van der Waals surface area contributed by atoms with Crippen LogP contribution >= 0.6 is 11.8 Å². The first-order valence-corrected chi connectivity index (χ1v) is 9.48. The first kappa shape index (κ1) is 17.7. The van der Waals surface area contributed by atoms with E-state index in [-0.39, 0.29) is 11.2 Å². The van der Waals surface area contributed by atoms with Crippen LogP contribution in [0.3, 0.4) is 0 Å². The van der Waals surface area contributed by atoms with Crippen molar-refractivity contribution >= 4 is 17.7 Å². The highest BCUT2D eigenvalue weighted by molar-refractivity contribution is 8.00. The molecule has 0 aliphatic heterocycles. The molecule has 0 radical (unpaired) electrons. The third-order valence-corrected chi connectivity index (χ3v) is 5.38. The molecule has 0 aromatic carbocycles. The van der Waals surface area contributed by atoms with Gasteiger partial charge in [0.15, 0.2) is 11.0 Å². The maximum Gasteiger partial charge on any atom is 0.233 e. The second-order valence-electron chi connectivity index (χ2n) is 6.20. The molecular formula is C18H23N5OS. The Morgan fingerprint density at radius 1 is 1.48 bits per heavy atom. The molecule has 6 nitrogen and oxygen atoms in total. The number of aromatic nitrogens is 4. The summed E-state index contributed by atoms with van der Waals surface area (Å²) in [6.07, 6.45) is 9.86. The number of pyridine rings is 1. The third-order valence-electron chi connectivity index (χ3n) is 4.30. The zero-order chi connectivity index (χ0) is 17.6. The molecule has 1 saturated carbocycles. The Morgan fingerprint density at radius 3 is 2.96 bits per heavy atom. The molecule has 1 aliphatic carbocycles. The Bertz CT molecular complexity index is 724. The highest BCUT2D eigenvalue weighted by atomic mass is 32.2. The minimum Gasteiger partial charge on any atom is -0.352 e. The smallest absolute Gasteiger partial charge is 0.233 e. The summed E-state index contributed by atoms with van der Waals surface area (Å²) in [5.41, 5.74) is 0.895. The van der Waals surface area contributed by atoms with Gasteiger partial charge < -0.3 is 5.32 Å². The van der Waals surface area contributed by atoms with Gasteiger partial charge in [0.1, 0.15) is 0 Å². The Kier molecular flexibility index (Phi) is 5.86. The monoisotopic (exact) mass is 357 g/mol. The van der Waals surface area contributed by atoms with Gasteiger partial charge in [0.25, 0.3) is 0 Å². The molecule has 1 fully saturated rings. The predicted molar refractivity (Wildman–Crippen MR) is 99.2 cm³/mol. The highest BCUT2D eigenvalue weighted by Crippen LogP contribution is 2.27. The lowest BCUT2D eigenvalue weighted by molar-refractivity contribution is -0.120. The Labute approximate surface area is 152 Å². The molecule has 1 atom stereocenters. The lowest BCUT2D eigenvalue weighted by atomic mass is 10.2. The van der Waals surface area contributed by atoms with Crippen LogP contribution < -0.4 is 5.32 Å². The summed E-state index contributed by atoms with van der Waals surface area (Å²) in [5, 5.41) is 12.2. The van der Waals surface area contributed by atoms with Gasteiger partial charge in [0, 0.05) is 30.5 Å². The second kappa shape index (κ2) is 8.29. The van der Waals surface area contributed by atoms with Crippen molar-refractivity contribution in [2.24, 2.45) is 0 Å². The van der Waals surface area contributed by atoms with Gasteiger partial charge in [0.2, 0.25) is 5.91 Å². The van der Waals surface area contributed by atoms with Crippen LogP contribution in [0.1, 0.15) is 32.6 Å². The van der Waals surface area contributed by atoms with Gasteiger partial charge in [-0.2, -0.15) is 0 Å². The topological polar surface area (TPSA) is 72.7 Å². The fourth-order valence-corrected chi connectivity index (χ4v) is 3.85. The number of allylic oxidation sites excluding steroid dienone is 1. The third kappa shape index (κ3) is 4.28.